The Hall–Kier alpha value is -0.0231. The summed E-state index contributed by atoms with van der Waals surface area (Å²) in [6, 6.07) is 0. The fraction of sp³-hybridized carbons (Fsp3) is 0.714. The number of alkyl halides is 1. The molecule has 0 unspecified atom stereocenters. The van der Waals surface area contributed by atoms with E-state index in [4.69, 9.17) is 4.43 Å². The van der Waals surface area contributed by atoms with Gasteiger partial charge < -0.3 is 4.43 Å². The summed E-state index contributed by atoms with van der Waals surface area (Å²) in [5, 5.41) is 0. The molecule has 0 aliphatic heterocycles. The first-order chi connectivity index (χ1) is 7.97. The predicted molar refractivity (Wildman–Crippen MR) is 77.6 cm³/mol. The van der Waals surface area contributed by atoms with E-state index in [1.165, 1.54) is 18.6 Å². The summed E-state index contributed by atoms with van der Waals surface area (Å²) < 4.78 is 6.33. The van der Waals surface area contributed by atoms with Crippen LogP contribution in [-0.4, -0.2) is 13.1 Å². The highest BCUT2D eigenvalue weighted by molar-refractivity contribution is 9.09. The lowest BCUT2D eigenvalue weighted by molar-refractivity contribution is 0.251. The molecule has 0 radical (unpaired) electrons. The van der Waals surface area contributed by atoms with Crippen molar-refractivity contribution in [1.82, 2.24) is 0 Å². The van der Waals surface area contributed by atoms with Crippen LogP contribution in [0.2, 0.25) is 19.6 Å². The van der Waals surface area contributed by atoms with Crippen molar-refractivity contribution >= 4 is 24.2 Å². The Morgan fingerprint density at radius 1 is 1.24 bits per heavy atom. The highest BCUT2D eigenvalue weighted by Crippen LogP contribution is 2.60. The standard InChI is InChI=1S/C14H21BrOSi/c1-17(2,3)16-12-6-4-5-10-13-9(12)7-8-11(13)14(10)15/h5-6,9,11,13-14H,4,7-8H2,1-3H3/t9-,11-,13-,14-/m0/s1. The third-order valence-corrected chi connectivity index (χ3v) is 6.30. The number of hydrogen-bond acceptors (Lipinski definition) is 1. The summed E-state index contributed by atoms with van der Waals surface area (Å²) in [5.41, 5.74) is 1.66. The zero-order valence-corrected chi connectivity index (χ0v) is 13.5. The molecule has 94 valence electrons. The first-order valence-electron chi connectivity index (χ1n) is 6.70. The highest BCUT2D eigenvalue weighted by Gasteiger charge is 2.53. The fourth-order valence-electron chi connectivity index (χ4n) is 3.65. The van der Waals surface area contributed by atoms with Crippen molar-refractivity contribution in [2.24, 2.45) is 17.8 Å². The molecule has 3 rings (SSSR count). The van der Waals surface area contributed by atoms with E-state index >= 15 is 0 Å². The molecule has 2 fully saturated rings. The first-order valence-corrected chi connectivity index (χ1v) is 11.0. The summed E-state index contributed by atoms with van der Waals surface area (Å²) in [7, 11) is -1.45. The van der Waals surface area contributed by atoms with Gasteiger partial charge in [0.05, 0.1) is 5.76 Å². The van der Waals surface area contributed by atoms with E-state index < -0.39 is 8.32 Å². The molecule has 3 heteroatoms. The lowest BCUT2D eigenvalue weighted by atomic mass is 9.68. The second-order valence-corrected chi connectivity index (χ2v) is 12.0. The third kappa shape index (κ3) is 1.95. The quantitative estimate of drug-likeness (QED) is 0.415. The van der Waals surface area contributed by atoms with Crippen LogP contribution in [0.1, 0.15) is 19.3 Å². The average molecular weight is 313 g/mol. The zero-order valence-electron chi connectivity index (χ0n) is 10.9. The Morgan fingerprint density at radius 3 is 2.71 bits per heavy atom. The Bertz CT molecular complexity index is 394. The molecule has 3 aliphatic carbocycles. The molecular weight excluding hydrogens is 292 g/mol. The van der Waals surface area contributed by atoms with Gasteiger partial charge in [0.25, 0.3) is 0 Å². The molecule has 0 aromatic heterocycles. The molecule has 4 atom stereocenters. The van der Waals surface area contributed by atoms with Crippen LogP contribution in [0.15, 0.2) is 23.5 Å². The topological polar surface area (TPSA) is 9.23 Å². The van der Waals surface area contributed by atoms with Gasteiger partial charge in [0.1, 0.15) is 0 Å². The normalized spacial score (nSPS) is 39.8. The smallest absolute Gasteiger partial charge is 0.241 e. The number of hydrogen-bond donors (Lipinski definition) is 0. The maximum Gasteiger partial charge on any atom is 0.241 e. The van der Waals surface area contributed by atoms with E-state index in [1.54, 1.807) is 5.57 Å². The molecule has 0 N–H and O–H groups in total. The SMILES string of the molecule is C[Si](C)(C)OC1=CCC=C2[C@H]3[C@H](CC[C@@H]13)[C@H]2Br. The van der Waals surface area contributed by atoms with Crippen molar-refractivity contribution in [3.63, 3.8) is 0 Å². The molecule has 0 spiro atoms. The summed E-state index contributed by atoms with van der Waals surface area (Å²) in [4.78, 5) is 0.664. The van der Waals surface area contributed by atoms with Crippen molar-refractivity contribution < 1.29 is 4.43 Å². The second-order valence-electron chi connectivity index (χ2n) is 6.54. The minimum absolute atomic E-state index is 0.664. The van der Waals surface area contributed by atoms with E-state index in [-0.39, 0.29) is 0 Å². The van der Waals surface area contributed by atoms with E-state index in [9.17, 15) is 0 Å². The first kappa shape index (κ1) is 12.0. The molecule has 0 bridgehead atoms. The van der Waals surface area contributed by atoms with Crippen molar-refractivity contribution in [2.75, 3.05) is 0 Å². The highest BCUT2D eigenvalue weighted by atomic mass is 79.9. The van der Waals surface area contributed by atoms with E-state index in [2.05, 4.69) is 47.7 Å². The monoisotopic (exact) mass is 312 g/mol. The van der Waals surface area contributed by atoms with Crippen molar-refractivity contribution in [3.05, 3.63) is 23.5 Å². The van der Waals surface area contributed by atoms with Crippen LogP contribution in [0.5, 0.6) is 0 Å². The van der Waals surface area contributed by atoms with E-state index in [0.717, 1.165) is 18.3 Å². The Labute approximate surface area is 114 Å². The average Bonchev–Trinajstić information content (AvgIpc) is 2.54. The number of halogens is 1. The van der Waals surface area contributed by atoms with Crippen LogP contribution in [-0.2, 0) is 4.43 Å². The number of allylic oxidation sites excluding steroid dienone is 4. The minimum Gasteiger partial charge on any atom is -0.547 e. The molecule has 0 amide bonds. The maximum absolute atomic E-state index is 6.33. The van der Waals surface area contributed by atoms with E-state index in [0.29, 0.717) is 10.7 Å². The van der Waals surface area contributed by atoms with Gasteiger partial charge in [-0.3, -0.25) is 0 Å². The lowest BCUT2D eigenvalue weighted by Gasteiger charge is -2.43. The molecule has 0 heterocycles. The fourth-order valence-corrected chi connectivity index (χ4v) is 5.68. The summed E-state index contributed by atoms with van der Waals surface area (Å²) in [5.74, 6) is 3.68. The predicted octanol–water partition coefficient (Wildman–Crippen LogP) is 4.47. The summed E-state index contributed by atoms with van der Waals surface area (Å²) in [6.07, 6.45) is 8.53. The van der Waals surface area contributed by atoms with Crippen molar-refractivity contribution in [3.8, 4) is 0 Å². The Kier molecular flexibility index (Phi) is 2.82. The summed E-state index contributed by atoms with van der Waals surface area (Å²) >= 11 is 3.85. The van der Waals surface area contributed by atoms with Gasteiger partial charge in [-0.15, -0.1) is 0 Å². The molecule has 3 aliphatic rings. The van der Waals surface area contributed by atoms with Gasteiger partial charge in [0.2, 0.25) is 8.32 Å². The minimum atomic E-state index is -1.45. The Morgan fingerprint density at radius 2 is 2.00 bits per heavy atom. The van der Waals surface area contributed by atoms with Crippen molar-refractivity contribution in [2.45, 2.75) is 43.7 Å². The van der Waals surface area contributed by atoms with Gasteiger partial charge in [0.15, 0.2) is 0 Å². The van der Waals surface area contributed by atoms with Gasteiger partial charge >= 0.3 is 0 Å². The van der Waals surface area contributed by atoms with Crippen LogP contribution in [0.3, 0.4) is 0 Å². The van der Waals surface area contributed by atoms with Crippen LogP contribution in [0, 0.1) is 17.8 Å². The van der Waals surface area contributed by atoms with Gasteiger partial charge in [0, 0.05) is 10.7 Å². The maximum atomic E-state index is 6.33. The van der Waals surface area contributed by atoms with Crippen LogP contribution in [0.25, 0.3) is 0 Å². The molecular formula is C14H21BrOSi. The van der Waals surface area contributed by atoms with Crippen molar-refractivity contribution in [1.29, 1.82) is 0 Å². The molecule has 1 nitrogen and oxygen atoms in total. The lowest BCUT2D eigenvalue weighted by Crippen LogP contribution is -2.40. The van der Waals surface area contributed by atoms with Gasteiger partial charge in [-0.05, 0) is 56.8 Å². The van der Waals surface area contributed by atoms with Gasteiger partial charge in [-0.2, -0.15) is 0 Å². The zero-order chi connectivity index (χ0) is 12.2. The third-order valence-electron chi connectivity index (χ3n) is 4.25. The summed E-state index contributed by atoms with van der Waals surface area (Å²) in [6.45, 7) is 6.86. The molecule has 17 heavy (non-hydrogen) atoms. The largest absolute Gasteiger partial charge is 0.547 e. The molecule has 2 saturated carbocycles. The van der Waals surface area contributed by atoms with Gasteiger partial charge in [-0.1, -0.05) is 27.6 Å². The molecule has 0 aromatic carbocycles. The van der Waals surface area contributed by atoms with Crippen LogP contribution < -0.4 is 0 Å². The number of rotatable bonds is 2. The molecule has 0 saturated heterocycles. The van der Waals surface area contributed by atoms with Gasteiger partial charge in [-0.25, -0.2) is 0 Å². The van der Waals surface area contributed by atoms with Crippen LogP contribution in [0.4, 0.5) is 0 Å². The molecule has 0 aromatic rings. The van der Waals surface area contributed by atoms with Crippen LogP contribution >= 0.6 is 15.9 Å². The van der Waals surface area contributed by atoms with E-state index in [1.807, 2.05) is 0 Å². The second kappa shape index (κ2) is 3.99. The Balaban J connectivity index is 1.84.